The molecule has 3 amide bonds. The Balaban J connectivity index is 1.48. The summed E-state index contributed by atoms with van der Waals surface area (Å²) in [6.45, 7) is 6.43. The molecule has 8 heteroatoms. The molecule has 2 fully saturated rings. The van der Waals surface area contributed by atoms with Crippen molar-refractivity contribution in [3.63, 3.8) is 0 Å². The predicted molar refractivity (Wildman–Crippen MR) is 136 cm³/mol. The molecular formula is C28H34N4O4. The van der Waals surface area contributed by atoms with E-state index in [1.807, 2.05) is 53.1 Å². The number of benzene rings is 1. The molecule has 1 spiro atoms. The Morgan fingerprint density at radius 2 is 1.94 bits per heavy atom. The number of urea groups is 1. The molecule has 0 saturated carbocycles. The van der Waals surface area contributed by atoms with E-state index in [4.69, 9.17) is 9.47 Å². The highest BCUT2D eigenvalue weighted by Gasteiger charge is 2.55. The van der Waals surface area contributed by atoms with Crippen molar-refractivity contribution in [3.05, 3.63) is 64.8 Å². The predicted octanol–water partition coefficient (Wildman–Crippen LogP) is 3.82. The van der Waals surface area contributed by atoms with Gasteiger partial charge in [0, 0.05) is 56.1 Å². The molecule has 4 aliphatic rings. The lowest BCUT2D eigenvalue weighted by Gasteiger charge is -2.44. The number of hydrogen-bond acceptors (Lipinski definition) is 5. The van der Waals surface area contributed by atoms with E-state index in [1.165, 1.54) is 0 Å². The van der Waals surface area contributed by atoms with Crippen LogP contribution in [0, 0.1) is 0 Å². The van der Waals surface area contributed by atoms with Crippen LogP contribution in [0.3, 0.4) is 0 Å². The Morgan fingerprint density at radius 1 is 1.19 bits per heavy atom. The number of carbonyl (C=O) groups is 2. The summed E-state index contributed by atoms with van der Waals surface area (Å²) < 4.78 is 11.2. The van der Waals surface area contributed by atoms with Crippen molar-refractivity contribution < 1.29 is 19.1 Å². The van der Waals surface area contributed by atoms with Gasteiger partial charge in [0.05, 0.1) is 26.3 Å². The molecule has 1 aromatic rings. The zero-order valence-electron chi connectivity index (χ0n) is 21.7. The minimum absolute atomic E-state index is 0.0214. The van der Waals surface area contributed by atoms with Crippen LogP contribution >= 0.6 is 0 Å². The number of nitrogens with zero attached hydrogens (tertiary/aromatic N) is 4. The maximum Gasteiger partial charge on any atom is 0.325 e. The van der Waals surface area contributed by atoms with Crippen LogP contribution in [-0.2, 0) is 11.3 Å². The SMILES string of the molecule is CCN1C(=O)N2Cc3cc(OC)cc(OC)c3[C@@H](C)C=C2C12CCN(C(=O)C1=C=CC=CN1C)CC2. The largest absolute Gasteiger partial charge is 0.497 e. The van der Waals surface area contributed by atoms with Gasteiger partial charge in [-0.05, 0) is 43.5 Å². The summed E-state index contributed by atoms with van der Waals surface area (Å²) in [5, 5.41) is 0. The molecule has 0 N–H and O–H groups in total. The minimum atomic E-state index is -0.432. The van der Waals surface area contributed by atoms with Crippen LogP contribution in [0.2, 0.25) is 0 Å². The van der Waals surface area contributed by atoms with E-state index >= 15 is 0 Å². The fourth-order valence-electron chi connectivity index (χ4n) is 6.18. The Labute approximate surface area is 212 Å². The van der Waals surface area contributed by atoms with Crippen molar-refractivity contribution >= 4 is 11.9 Å². The average molecular weight is 491 g/mol. The number of hydrogen-bond donors (Lipinski definition) is 0. The fraction of sp³-hybridized carbons (Fsp3) is 0.464. The lowest BCUT2D eigenvalue weighted by Crippen LogP contribution is -2.55. The number of likely N-dealkylation sites (N-methyl/N-ethyl adjacent to an activating group) is 2. The molecule has 0 aliphatic carbocycles. The van der Waals surface area contributed by atoms with Crippen LogP contribution in [0.25, 0.3) is 0 Å². The number of amides is 3. The molecule has 1 aromatic carbocycles. The molecular weight excluding hydrogens is 456 g/mol. The highest BCUT2D eigenvalue weighted by molar-refractivity contribution is 5.93. The van der Waals surface area contributed by atoms with Gasteiger partial charge in [-0.25, -0.2) is 4.79 Å². The summed E-state index contributed by atoms with van der Waals surface area (Å²) in [4.78, 5) is 34.6. The molecule has 8 nitrogen and oxygen atoms in total. The van der Waals surface area contributed by atoms with Gasteiger partial charge in [0.25, 0.3) is 5.91 Å². The second-order valence-electron chi connectivity index (χ2n) is 9.79. The van der Waals surface area contributed by atoms with Gasteiger partial charge in [0.2, 0.25) is 0 Å². The third-order valence-electron chi connectivity index (χ3n) is 7.97. The van der Waals surface area contributed by atoms with Crippen LogP contribution in [0.5, 0.6) is 11.5 Å². The topological polar surface area (TPSA) is 65.6 Å². The molecule has 4 heterocycles. The second kappa shape index (κ2) is 9.10. The number of rotatable bonds is 4. The first-order valence-corrected chi connectivity index (χ1v) is 12.6. The van der Waals surface area contributed by atoms with Crippen molar-refractivity contribution in [1.82, 2.24) is 19.6 Å². The Hall–Kier alpha value is -3.64. The van der Waals surface area contributed by atoms with Crippen LogP contribution in [-0.4, -0.2) is 78.0 Å². The summed E-state index contributed by atoms with van der Waals surface area (Å²) >= 11 is 0. The van der Waals surface area contributed by atoms with Crippen molar-refractivity contribution in [1.29, 1.82) is 0 Å². The smallest absolute Gasteiger partial charge is 0.325 e. The van der Waals surface area contributed by atoms with Gasteiger partial charge in [-0.15, -0.1) is 0 Å². The van der Waals surface area contributed by atoms with Gasteiger partial charge in [0.1, 0.15) is 17.2 Å². The summed E-state index contributed by atoms with van der Waals surface area (Å²) in [5.41, 5.74) is 6.36. The van der Waals surface area contributed by atoms with E-state index in [9.17, 15) is 9.59 Å². The normalized spacial score (nSPS) is 22.2. The number of carbonyl (C=O) groups excluding carboxylic acids is 2. The molecule has 190 valence electrons. The molecule has 0 unspecified atom stereocenters. The number of ether oxygens (including phenoxy) is 2. The number of piperidine rings is 1. The van der Waals surface area contributed by atoms with E-state index in [0.29, 0.717) is 50.5 Å². The lowest BCUT2D eigenvalue weighted by molar-refractivity contribution is -0.130. The monoisotopic (exact) mass is 490 g/mol. The lowest BCUT2D eigenvalue weighted by atomic mass is 9.82. The maximum absolute atomic E-state index is 13.8. The quantitative estimate of drug-likeness (QED) is 0.601. The third-order valence-corrected chi connectivity index (χ3v) is 7.97. The molecule has 0 aromatic heterocycles. The third kappa shape index (κ3) is 3.59. The standard InChI is InChI=1S/C28H34N4O4/c1-6-32-27(34)31-18-20-16-21(35-4)17-23(36-5)25(20)19(2)15-24(31)28(32)10-13-30(14-11-28)26(33)22-9-7-8-12-29(22)3/h7-8,12,15-17,19H,6,10-11,13-14,18H2,1-5H3/t19-/m0/s1. The first-order valence-electron chi connectivity index (χ1n) is 12.6. The number of allylic oxidation sites excluding steroid dienone is 2. The van der Waals surface area contributed by atoms with Crippen molar-refractivity contribution in [2.24, 2.45) is 0 Å². The van der Waals surface area contributed by atoms with E-state index < -0.39 is 5.54 Å². The molecule has 0 radical (unpaired) electrons. The van der Waals surface area contributed by atoms with Gasteiger partial charge in [-0.1, -0.05) is 18.7 Å². The number of methoxy groups -OCH3 is 2. The van der Waals surface area contributed by atoms with E-state index in [0.717, 1.165) is 22.6 Å². The van der Waals surface area contributed by atoms with E-state index in [1.54, 1.807) is 25.2 Å². The number of fused-ring (bicyclic) bond motifs is 3. The van der Waals surface area contributed by atoms with E-state index in [-0.39, 0.29) is 17.9 Å². The first-order chi connectivity index (χ1) is 17.3. The number of likely N-dealkylation sites (tertiary alicyclic amines) is 1. The van der Waals surface area contributed by atoms with Crippen molar-refractivity contribution in [3.8, 4) is 11.5 Å². The first kappa shape index (κ1) is 24.1. The van der Waals surface area contributed by atoms with Crippen LogP contribution in [0.4, 0.5) is 4.79 Å². The van der Waals surface area contributed by atoms with Gasteiger partial charge in [0.15, 0.2) is 0 Å². The van der Waals surface area contributed by atoms with Gasteiger partial charge in [-0.3, -0.25) is 9.69 Å². The van der Waals surface area contributed by atoms with Crippen LogP contribution in [0.1, 0.15) is 43.7 Å². The van der Waals surface area contributed by atoms with Crippen molar-refractivity contribution in [2.75, 3.05) is 40.9 Å². The van der Waals surface area contributed by atoms with E-state index in [2.05, 4.69) is 18.7 Å². The van der Waals surface area contributed by atoms with Crippen LogP contribution < -0.4 is 9.47 Å². The Bertz CT molecular complexity index is 1220. The highest BCUT2D eigenvalue weighted by atomic mass is 16.5. The summed E-state index contributed by atoms with van der Waals surface area (Å²) in [6, 6.07) is 3.94. The summed E-state index contributed by atoms with van der Waals surface area (Å²) in [5.74, 6) is 1.52. The van der Waals surface area contributed by atoms with Gasteiger partial charge in [-0.2, -0.15) is 0 Å². The molecule has 2 saturated heterocycles. The highest BCUT2D eigenvalue weighted by Crippen LogP contribution is 2.49. The molecule has 36 heavy (non-hydrogen) atoms. The Kier molecular flexibility index (Phi) is 6.08. The van der Waals surface area contributed by atoms with Gasteiger partial charge >= 0.3 is 6.03 Å². The summed E-state index contributed by atoms with van der Waals surface area (Å²) in [7, 11) is 5.17. The second-order valence-corrected chi connectivity index (χ2v) is 9.79. The van der Waals surface area contributed by atoms with Crippen LogP contribution in [0.15, 0.2) is 53.7 Å². The zero-order valence-corrected chi connectivity index (χ0v) is 21.7. The maximum atomic E-state index is 13.8. The zero-order chi connectivity index (χ0) is 25.6. The average Bonchev–Trinajstić information content (AvgIpc) is 2.99. The molecule has 1 atom stereocenters. The fourth-order valence-corrected chi connectivity index (χ4v) is 6.18. The Morgan fingerprint density at radius 3 is 2.58 bits per heavy atom. The summed E-state index contributed by atoms with van der Waals surface area (Å²) in [6.07, 6.45) is 9.12. The van der Waals surface area contributed by atoms with Gasteiger partial charge < -0.3 is 24.2 Å². The van der Waals surface area contributed by atoms with Crippen molar-refractivity contribution in [2.45, 2.75) is 44.7 Å². The minimum Gasteiger partial charge on any atom is -0.497 e. The molecule has 0 bridgehead atoms. The molecule has 5 rings (SSSR count). The molecule has 4 aliphatic heterocycles.